The second-order valence-corrected chi connectivity index (χ2v) is 6.28. The van der Waals surface area contributed by atoms with Crippen LogP contribution in [-0.2, 0) is 0 Å². The number of hydrogen-bond donors (Lipinski definition) is 1. The average Bonchev–Trinajstić information content (AvgIpc) is 3.31. The van der Waals surface area contributed by atoms with Gasteiger partial charge in [-0.2, -0.15) is 5.10 Å². The number of aromatic nitrogens is 4. The molecule has 0 atom stereocenters. The number of ether oxygens (including phenoxy) is 2. The van der Waals surface area contributed by atoms with Crippen molar-refractivity contribution < 1.29 is 9.47 Å². The first-order chi connectivity index (χ1) is 14.2. The van der Waals surface area contributed by atoms with Crippen LogP contribution in [0, 0.1) is 12.3 Å². The lowest BCUT2D eigenvalue weighted by Crippen LogP contribution is -2.17. The highest BCUT2D eigenvalue weighted by molar-refractivity contribution is 5.82. The Kier molecular flexibility index (Phi) is 4.99. The van der Waals surface area contributed by atoms with E-state index in [9.17, 15) is 0 Å². The van der Waals surface area contributed by atoms with Gasteiger partial charge in [0.1, 0.15) is 11.5 Å². The smallest absolute Gasteiger partial charge is 0.124 e. The molecule has 0 aliphatic carbocycles. The van der Waals surface area contributed by atoms with Gasteiger partial charge in [-0.3, -0.25) is 10.1 Å². The van der Waals surface area contributed by atoms with E-state index >= 15 is 0 Å². The fraction of sp³-hybridized carbons (Fsp3) is 0.136. The van der Waals surface area contributed by atoms with Crippen LogP contribution in [0.1, 0.15) is 0 Å². The van der Waals surface area contributed by atoms with Crippen molar-refractivity contribution in [2.45, 2.75) is 0 Å². The maximum Gasteiger partial charge on any atom is 0.124 e. The fourth-order valence-electron chi connectivity index (χ4n) is 3.07. The van der Waals surface area contributed by atoms with Crippen LogP contribution >= 0.6 is 0 Å². The molecule has 0 aliphatic rings. The minimum Gasteiger partial charge on any atom is -0.497 e. The summed E-state index contributed by atoms with van der Waals surface area (Å²) in [6, 6.07) is 11.5. The fourth-order valence-corrected chi connectivity index (χ4v) is 3.07. The van der Waals surface area contributed by atoms with Gasteiger partial charge < -0.3 is 14.4 Å². The zero-order valence-electron chi connectivity index (χ0n) is 16.1. The summed E-state index contributed by atoms with van der Waals surface area (Å²) in [5.41, 5.74) is 4.93. The summed E-state index contributed by atoms with van der Waals surface area (Å²) in [7, 11) is 3.24. The van der Waals surface area contributed by atoms with E-state index in [0.29, 0.717) is 18.0 Å². The van der Waals surface area contributed by atoms with Crippen LogP contribution in [0.3, 0.4) is 0 Å². The van der Waals surface area contributed by atoms with Crippen molar-refractivity contribution in [3.05, 3.63) is 55.0 Å². The van der Waals surface area contributed by atoms with Gasteiger partial charge in [0.05, 0.1) is 49.9 Å². The Morgan fingerprint density at radius 3 is 2.45 bits per heavy atom. The van der Waals surface area contributed by atoms with Crippen LogP contribution in [-0.4, -0.2) is 40.9 Å². The molecule has 7 heteroatoms. The molecular formula is C22H19N5O2. The molecule has 29 heavy (non-hydrogen) atoms. The van der Waals surface area contributed by atoms with Gasteiger partial charge in [-0.05, 0) is 18.2 Å². The molecule has 0 spiro atoms. The Balaban J connectivity index is 1.80. The van der Waals surface area contributed by atoms with E-state index in [1.165, 1.54) is 0 Å². The van der Waals surface area contributed by atoms with E-state index in [4.69, 9.17) is 20.9 Å². The van der Waals surface area contributed by atoms with E-state index < -0.39 is 0 Å². The van der Waals surface area contributed by atoms with E-state index in [1.54, 1.807) is 32.8 Å². The number of rotatable bonds is 6. The summed E-state index contributed by atoms with van der Waals surface area (Å²) in [6.45, 7) is 0.372. The predicted molar refractivity (Wildman–Crippen MR) is 113 cm³/mol. The molecule has 0 saturated heterocycles. The zero-order valence-corrected chi connectivity index (χ0v) is 16.1. The molecule has 2 aromatic carbocycles. The van der Waals surface area contributed by atoms with E-state index in [1.807, 2.05) is 41.3 Å². The molecular weight excluding hydrogens is 366 g/mol. The molecule has 144 valence electrons. The second-order valence-electron chi connectivity index (χ2n) is 6.28. The summed E-state index contributed by atoms with van der Waals surface area (Å²) in [6.07, 6.45) is 10.9. The molecule has 0 amide bonds. The first-order valence-corrected chi connectivity index (χ1v) is 8.92. The lowest BCUT2D eigenvalue weighted by Gasteiger charge is -2.24. The average molecular weight is 385 g/mol. The third-order valence-electron chi connectivity index (χ3n) is 4.53. The van der Waals surface area contributed by atoms with Gasteiger partial charge in [-0.1, -0.05) is 5.92 Å². The van der Waals surface area contributed by atoms with Gasteiger partial charge in [-0.15, -0.1) is 6.42 Å². The Hall–Kier alpha value is -4.05. The van der Waals surface area contributed by atoms with E-state index in [2.05, 4.69) is 21.1 Å². The Bertz CT molecular complexity index is 1160. The minimum atomic E-state index is 0.372. The number of H-pyrrole nitrogens is 1. The van der Waals surface area contributed by atoms with Gasteiger partial charge in [0.2, 0.25) is 0 Å². The van der Waals surface area contributed by atoms with Gasteiger partial charge in [0.25, 0.3) is 0 Å². The Morgan fingerprint density at radius 2 is 1.79 bits per heavy atom. The topological polar surface area (TPSA) is 76.2 Å². The third kappa shape index (κ3) is 3.69. The number of benzene rings is 2. The molecule has 0 fully saturated rings. The first kappa shape index (κ1) is 18.3. The molecule has 0 bridgehead atoms. The Labute approximate surface area is 168 Å². The largest absolute Gasteiger partial charge is 0.497 e. The number of fused-ring (bicyclic) bond motifs is 1. The number of anilines is 2. The SMILES string of the molecule is C#CCN(c1cc(OC)cc(OC)c1)c1ccc2ncc(-c3cn[nH]c3)nc2c1. The molecule has 0 unspecified atom stereocenters. The number of nitrogens with one attached hydrogen (secondary N) is 1. The summed E-state index contributed by atoms with van der Waals surface area (Å²) < 4.78 is 10.8. The molecule has 2 aromatic heterocycles. The highest BCUT2D eigenvalue weighted by Gasteiger charge is 2.13. The molecule has 0 aliphatic heterocycles. The second kappa shape index (κ2) is 7.90. The summed E-state index contributed by atoms with van der Waals surface area (Å²) >= 11 is 0. The van der Waals surface area contributed by atoms with Crippen LogP contribution in [0.2, 0.25) is 0 Å². The molecule has 4 rings (SSSR count). The highest BCUT2D eigenvalue weighted by atomic mass is 16.5. The standard InChI is InChI=1S/C22H19N5O2/c1-4-7-27(17-8-18(28-2)11-19(9-17)29-3)16-5-6-20-21(10-16)26-22(14-23-20)15-12-24-25-13-15/h1,5-6,8-14H,7H2,2-3H3,(H,24,25). The van der Waals surface area contributed by atoms with E-state index in [-0.39, 0.29) is 0 Å². The number of terminal acetylenes is 1. The van der Waals surface area contributed by atoms with Crippen LogP contribution < -0.4 is 14.4 Å². The predicted octanol–water partition coefficient (Wildman–Crippen LogP) is 3.81. The normalized spacial score (nSPS) is 10.5. The van der Waals surface area contributed by atoms with Crippen molar-refractivity contribution >= 4 is 22.4 Å². The number of nitrogens with zero attached hydrogens (tertiary/aromatic N) is 4. The van der Waals surface area contributed by atoms with Crippen molar-refractivity contribution in [3.8, 4) is 35.1 Å². The van der Waals surface area contributed by atoms with Crippen molar-refractivity contribution in [2.24, 2.45) is 0 Å². The van der Waals surface area contributed by atoms with E-state index in [0.717, 1.165) is 33.7 Å². The molecule has 7 nitrogen and oxygen atoms in total. The summed E-state index contributed by atoms with van der Waals surface area (Å²) in [4.78, 5) is 11.2. The first-order valence-electron chi connectivity index (χ1n) is 8.92. The van der Waals surface area contributed by atoms with Crippen molar-refractivity contribution in [2.75, 3.05) is 25.7 Å². The summed E-state index contributed by atoms with van der Waals surface area (Å²) in [5.74, 6) is 4.09. The molecule has 4 aromatic rings. The Morgan fingerprint density at radius 1 is 1.00 bits per heavy atom. The molecule has 0 saturated carbocycles. The maximum atomic E-state index is 5.65. The van der Waals surface area contributed by atoms with Crippen molar-refractivity contribution in [1.29, 1.82) is 0 Å². The van der Waals surface area contributed by atoms with Gasteiger partial charge >= 0.3 is 0 Å². The lowest BCUT2D eigenvalue weighted by molar-refractivity contribution is 0.394. The van der Waals surface area contributed by atoms with Gasteiger partial charge in [0.15, 0.2) is 0 Å². The quantitative estimate of drug-likeness (QED) is 0.509. The number of hydrogen-bond acceptors (Lipinski definition) is 6. The van der Waals surface area contributed by atoms with Gasteiger partial charge in [-0.25, -0.2) is 4.98 Å². The van der Waals surface area contributed by atoms with Crippen molar-refractivity contribution in [1.82, 2.24) is 20.2 Å². The molecule has 2 heterocycles. The lowest BCUT2D eigenvalue weighted by atomic mass is 10.2. The van der Waals surface area contributed by atoms with Crippen LogP contribution in [0.25, 0.3) is 22.3 Å². The summed E-state index contributed by atoms with van der Waals surface area (Å²) in [5, 5.41) is 6.77. The van der Waals surface area contributed by atoms with Crippen LogP contribution in [0.4, 0.5) is 11.4 Å². The van der Waals surface area contributed by atoms with Crippen molar-refractivity contribution in [3.63, 3.8) is 0 Å². The van der Waals surface area contributed by atoms with Crippen LogP contribution in [0.15, 0.2) is 55.0 Å². The van der Waals surface area contributed by atoms with Crippen LogP contribution in [0.5, 0.6) is 11.5 Å². The van der Waals surface area contributed by atoms with Gasteiger partial charge in [0, 0.05) is 41.3 Å². The number of methoxy groups -OCH3 is 2. The monoisotopic (exact) mass is 385 g/mol. The zero-order chi connectivity index (χ0) is 20.2. The molecule has 1 N–H and O–H groups in total. The highest BCUT2D eigenvalue weighted by Crippen LogP contribution is 2.33. The number of aromatic amines is 1. The third-order valence-corrected chi connectivity index (χ3v) is 4.53. The maximum absolute atomic E-state index is 5.65. The molecule has 0 radical (unpaired) electrons. The minimum absolute atomic E-state index is 0.372.